The first-order valence-corrected chi connectivity index (χ1v) is 9.69. The van der Waals surface area contributed by atoms with Crippen LogP contribution in [0.3, 0.4) is 0 Å². The quantitative estimate of drug-likeness (QED) is 0.674. The average molecular weight is 401 g/mol. The molecule has 9 nitrogen and oxygen atoms in total. The number of rotatable bonds is 8. The van der Waals surface area contributed by atoms with Crippen molar-refractivity contribution in [2.24, 2.45) is 5.92 Å². The summed E-state index contributed by atoms with van der Waals surface area (Å²) in [6, 6.07) is 5.04. The SMILES string of the molecule is CCOC(=O)C1=C(C)Nc2nnnn2C1c1ccc(OCCC(C)C)c(OC)c1. The second-order valence-corrected chi connectivity index (χ2v) is 7.18. The van der Waals surface area contributed by atoms with Gasteiger partial charge in [0, 0.05) is 5.70 Å². The van der Waals surface area contributed by atoms with Crippen molar-refractivity contribution in [1.82, 2.24) is 20.2 Å². The molecular formula is C20H27N5O4. The molecule has 2 heterocycles. The lowest BCUT2D eigenvalue weighted by molar-refractivity contribution is -0.139. The molecule has 1 aliphatic heterocycles. The van der Waals surface area contributed by atoms with Crippen LogP contribution in [0.15, 0.2) is 29.5 Å². The molecule has 0 saturated carbocycles. The van der Waals surface area contributed by atoms with Crippen molar-refractivity contribution in [3.8, 4) is 11.5 Å². The zero-order chi connectivity index (χ0) is 21.0. The van der Waals surface area contributed by atoms with Gasteiger partial charge in [-0.25, -0.2) is 4.79 Å². The van der Waals surface area contributed by atoms with Crippen molar-refractivity contribution < 1.29 is 19.0 Å². The van der Waals surface area contributed by atoms with Gasteiger partial charge < -0.3 is 19.5 Å². The van der Waals surface area contributed by atoms with Gasteiger partial charge >= 0.3 is 5.97 Å². The van der Waals surface area contributed by atoms with E-state index in [9.17, 15) is 4.79 Å². The van der Waals surface area contributed by atoms with Gasteiger partial charge in [-0.2, -0.15) is 4.68 Å². The smallest absolute Gasteiger partial charge is 0.338 e. The van der Waals surface area contributed by atoms with E-state index in [1.54, 1.807) is 25.6 Å². The Labute approximate surface area is 170 Å². The van der Waals surface area contributed by atoms with Crippen molar-refractivity contribution in [1.29, 1.82) is 0 Å². The molecule has 1 aromatic carbocycles. The molecular weight excluding hydrogens is 374 g/mol. The summed E-state index contributed by atoms with van der Waals surface area (Å²) >= 11 is 0. The Morgan fingerprint density at radius 2 is 2.10 bits per heavy atom. The number of hydrogen-bond acceptors (Lipinski definition) is 8. The van der Waals surface area contributed by atoms with E-state index in [1.807, 2.05) is 18.2 Å². The molecule has 1 aromatic heterocycles. The number of methoxy groups -OCH3 is 1. The van der Waals surface area contributed by atoms with E-state index in [2.05, 4.69) is 34.7 Å². The van der Waals surface area contributed by atoms with E-state index < -0.39 is 12.0 Å². The van der Waals surface area contributed by atoms with Gasteiger partial charge in [0.2, 0.25) is 5.95 Å². The van der Waals surface area contributed by atoms with Gasteiger partial charge in [-0.15, -0.1) is 0 Å². The van der Waals surface area contributed by atoms with Crippen LogP contribution >= 0.6 is 0 Å². The molecule has 0 spiro atoms. The van der Waals surface area contributed by atoms with Crippen molar-refractivity contribution in [2.75, 3.05) is 25.6 Å². The van der Waals surface area contributed by atoms with Crippen molar-refractivity contribution in [2.45, 2.75) is 40.2 Å². The summed E-state index contributed by atoms with van der Waals surface area (Å²) < 4.78 is 18.3. The van der Waals surface area contributed by atoms with Crippen LogP contribution in [0.2, 0.25) is 0 Å². The Kier molecular flexibility index (Phi) is 6.36. The lowest BCUT2D eigenvalue weighted by Crippen LogP contribution is -2.29. The predicted molar refractivity (Wildman–Crippen MR) is 107 cm³/mol. The minimum atomic E-state index is -0.543. The van der Waals surface area contributed by atoms with Crippen LogP contribution in [0, 0.1) is 5.92 Å². The summed E-state index contributed by atoms with van der Waals surface area (Å²) in [5.41, 5.74) is 1.88. The first kappa shape index (κ1) is 20.6. The third kappa shape index (κ3) is 4.33. The number of nitrogens with zero attached hydrogens (tertiary/aromatic N) is 4. The summed E-state index contributed by atoms with van der Waals surface area (Å²) in [5, 5.41) is 14.8. The number of carbonyl (C=O) groups is 1. The fraction of sp³-hybridized carbons (Fsp3) is 0.500. The third-order valence-electron chi connectivity index (χ3n) is 4.67. The van der Waals surface area contributed by atoms with Crippen LogP contribution in [-0.2, 0) is 9.53 Å². The lowest BCUT2D eigenvalue weighted by atomic mass is 9.95. The van der Waals surface area contributed by atoms with Crippen LogP contribution in [0.5, 0.6) is 11.5 Å². The Hall–Kier alpha value is -3.10. The number of allylic oxidation sites excluding steroid dienone is 1. The number of hydrogen-bond donors (Lipinski definition) is 1. The summed E-state index contributed by atoms with van der Waals surface area (Å²) in [6.07, 6.45) is 0.947. The van der Waals surface area contributed by atoms with Crippen molar-refractivity contribution in [3.05, 3.63) is 35.0 Å². The highest BCUT2D eigenvalue weighted by atomic mass is 16.5. The van der Waals surface area contributed by atoms with Crippen LogP contribution in [-0.4, -0.2) is 46.5 Å². The number of nitrogens with one attached hydrogen (secondary N) is 1. The Morgan fingerprint density at radius 3 is 2.79 bits per heavy atom. The van der Waals surface area contributed by atoms with E-state index in [4.69, 9.17) is 14.2 Å². The Morgan fingerprint density at radius 1 is 1.31 bits per heavy atom. The predicted octanol–water partition coefficient (Wildman–Crippen LogP) is 2.96. The van der Waals surface area contributed by atoms with E-state index in [-0.39, 0.29) is 6.61 Å². The molecule has 1 N–H and O–H groups in total. The normalized spacial score (nSPS) is 15.7. The number of benzene rings is 1. The summed E-state index contributed by atoms with van der Waals surface area (Å²) in [4.78, 5) is 12.7. The summed E-state index contributed by atoms with van der Waals surface area (Å²) in [7, 11) is 1.59. The number of aromatic nitrogens is 4. The molecule has 9 heteroatoms. The van der Waals surface area contributed by atoms with Gasteiger partial charge in [0.25, 0.3) is 0 Å². The highest BCUT2D eigenvalue weighted by Gasteiger charge is 2.35. The van der Waals surface area contributed by atoms with Crippen molar-refractivity contribution in [3.63, 3.8) is 0 Å². The molecule has 1 atom stereocenters. The second kappa shape index (κ2) is 8.93. The molecule has 156 valence electrons. The minimum Gasteiger partial charge on any atom is -0.493 e. The van der Waals surface area contributed by atoms with Gasteiger partial charge in [-0.3, -0.25) is 0 Å². The first-order chi connectivity index (χ1) is 14.0. The number of esters is 1. The van der Waals surface area contributed by atoms with Gasteiger partial charge in [0.05, 0.1) is 25.9 Å². The molecule has 3 rings (SSSR count). The average Bonchev–Trinajstić information content (AvgIpc) is 3.15. The largest absolute Gasteiger partial charge is 0.493 e. The standard InChI is InChI=1S/C20H27N5O4/c1-6-28-19(26)17-13(4)21-20-22-23-24-25(20)18(17)14-7-8-15(16(11-14)27-5)29-10-9-12(2)3/h7-8,11-12,18H,6,9-10H2,1-5H3,(H,21,22,24). The molecule has 0 saturated heterocycles. The molecule has 0 fully saturated rings. The monoisotopic (exact) mass is 401 g/mol. The maximum atomic E-state index is 12.7. The third-order valence-corrected chi connectivity index (χ3v) is 4.67. The Bertz CT molecular complexity index is 906. The van der Waals surface area contributed by atoms with Gasteiger partial charge in [0.15, 0.2) is 11.5 Å². The lowest BCUT2D eigenvalue weighted by Gasteiger charge is -2.27. The molecule has 1 aliphatic rings. The van der Waals surface area contributed by atoms with Crippen LogP contribution in [0.25, 0.3) is 0 Å². The molecule has 0 amide bonds. The first-order valence-electron chi connectivity index (χ1n) is 9.69. The fourth-order valence-electron chi connectivity index (χ4n) is 3.17. The number of tetrazole rings is 1. The number of anilines is 1. The van der Waals surface area contributed by atoms with Gasteiger partial charge in [0.1, 0.15) is 6.04 Å². The molecule has 0 aliphatic carbocycles. The highest BCUT2D eigenvalue weighted by molar-refractivity contribution is 5.92. The second-order valence-electron chi connectivity index (χ2n) is 7.18. The van der Waals surface area contributed by atoms with Crippen molar-refractivity contribution >= 4 is 11.9 Å². The number of ether oxygens (including phenoxy) is 3. The topological polar surface area (TPSA) is 100 Å². The molecule has 0 bridgehead atoms. The number of carbonyl (C=O) groups excluding carboxylic acids is 1. The summed E-state index contributed by atoms with van der Waals surface area (Å²) in [6.45, 7) is 8.75. The van der Waals surface area contributed by atoms with Crippen LogP contribution in [0.4, 0.5) is 5.95 Å². The zero-order valence-corrected chi connectivity index (χ0v) is 17.4. The number of fused-ring (bicyclic) bond motifs is 1. The van der Waals surface area contributed by atoms with Gasteiger partial charge in [-0.1, -0.05) is 25.0 Å². The van der Waals surface area contributed by atoms with E-state index >= 15 is 0 Å². The zero-order valence-electron chi connectivity index (χ0n) is 17.4. The van der Waals surface area contributed by atoms with Gasteiger partial charge in [-0.05, 0) is 54.3 Å². The fourth-order valence-corrected chi connectivity index (χ4v) is 3.17. The summed E-state index contributed by atoms with van der Waals surface area (Å²) in [5.74, 6) is 1.83. The van der Waals surface area contributed by atoms with E-state index in [1.165, 1.54) is 0 Å². The molecule has 1 unspecified atom stereocenters. The Balaban J connectivity index is 1.99. The maximum absolute atomic E-state index is 12.7. The maximum Gasteiger partial charge on any atom is 0.338 e. The molecule has 2 aromatic rings. The molecule has 29 heavy (non-hydrogen) atoms. The van der Waals surface area contributed by atoms with E-state index in [0.29, 0.717) is 41.2 Å². The molecule has 0 radical (unpaired) electrons. The van der Waals surface area contributed by atoms with Crippen LogP contribution < -0.4 is 14.8 Å². The van der Waals surface area contributed by atoms with Crippen LogP contribution in [0.1, 0.15) is 45.7 Å². The minimum absolute atomic E-state index is 0.275. The van der Waals surface area contributed by atoms with E-state index in [0.717, 1.165) is 12.0 Å². The highest BCUT2D eigenvalue weighted by Crippen LogP contribution is 2.38.